The third-order valence-corrected chi connectivity index (χ3v) is 1.81. The van der Waals surface area contributed by atoms with E-state index in [1.165, 1.54) is 18.3 Å². The molecule has 1 amide bonds. The van der Waals surface area contributed by atoms with Crippen LogP contribution in [0.2, 0.25) is 0 Å². The summed E-state index contributed by atoms with van der Waals surface area (Å²) in [6, 6.07) is 2.73. The van der Waals surface area contributed by atoms with E-state index in [2.05, 4.69) is 10.3 Å². The molecule has 0 spiro atoms. The summed E-state index contributed by atoms with van der Waals surface area (Å²) < 4.78 is 13.1. The minimum Gasteiger partial charge on any atom is -0.368 e. The molecular formula is C9H12FN3O. The van der Waals surface area contributed by atoms with E-state index in [-0.39, 0.29) is 5.82 Å². The highest BCUT2D eigenvalue weighted by molar-refractivity contribution is 5.86. The topological polar surface area (TPSA) is 68.0 Å². The summed E-state index contributed by atoms with van der Waals surface area (Å²) in [4.78, 5) is 14.7. The van der Waals surface area contributed by atoms with Gasteiger partial charge in [-0.3, -0.25) is 4.79 Å². The lowest BCUT2D eigenvalue weighted by molar-refractivity contribution is -0.121. The third kappa shape index (κ3) is 2.18. The fourth-order valence-electron chi connectivity index (χ4n) is 0.835. The maximum atomic E-state index is 13.1. The number of hydrogen-bond donors (Lipinski definition) is 2. The van der Waals surface area contributed by atoms with Crippen molar-refractivity contribution in [3.05, 3.63) is 24.1 Å². The number of amides is 1. The summed E-state index contributed by atoms with van der Waals surface area (Å²) >= 11 is 0. The van der Waals surface area contributed by atoms with Gasteiger partial charge in [-0.1, -0.05) is 0 Å². The van der Waals surface area contributed by atoms with Crippen LogP contribution in [-0.4, -0.2) is 16.4 Å². The van der Waals surface area contributed by atoms with Gasteiger partial charge in [-0.25, -0.2) is 9.37 Å². The summed E-state index contributed by atoms with van der Waals surface area (Å²) in [5.74, 6) is -1.05. The van der Waals surface area contributed by atoms with Gasteiger partial charge >= 0.3 is 0 Å². The quantitative estimate of drug-likeness (QED) is 0.756. The molecule has 1 rings (SSSR count). The smallest absolute Gasteiger partial charge is 0.242 e. The van der Waals surface area contributed by atoms with Crippen molar-refractivity contribution < 1.29 is 9.18 Å². The number of pyridine rings is 1. The van der Waals surface area contributed by atoms with Gasteiger partial charge in [0.05, 0.1) is 0 Å². The standard InChI is InChI=1S/C9H12FN3O/c1-9(2,8(11)14)13-7-6(10)4-3-5-12-7/h3-5H,1-2H3,(H2,11,14)(H,12,13). The largest absolute Gasteiger partial charge is 0.368 e. The zero-order valence-electron chi connectivity index (χ0n) is 8.04. The number of rotatable bonds is 3. The van der Waals surface area contributed by atoms with E-state index < -0.39 is 17.3 Å². The molecular weight excluding hydrogens is 185 g/mol. The molecule has 0 aliphatic heterocycles. The van der Waals surface area contributed by atoms with Gasteiger partial charge in [-0.15, -0.1) is 0 Å². The first kappa shape index (κ1) is 10.4. The normalized spacial score (nSPS) is 11.1. The maximum Gasteiger partial charge on any atom is 0.242 e. The lowest BCUT2D eigenvalue weighted by atomic mass is 10.1. The Balaban J connectivity index is 2.89. The number of halogens is 1. The number of nitrogens with one attached hydrogen (secondary N) is 1. The second-order valence-corrected chi connectivity index (χ2v) is 3.45. The number of nitrogens with zero attached hydrogens (tertiary/aromatic N) is 1. The summed E-state index contributed by atoms with van der Waals surface area (Å²) in [5, 5.41) is 2.63. The summed E-state index contributed by atoms with van der Waals surface area (Å²) in [6.07, 6.45) is 1.43. The first-order chi connectivity index (χ1) is 6.43. The SMILES string of the molecule is CC(C)(Nc1ncccc1F)C(N)=O. The van der Waals surface area contributed by atoms with E-state index in [4.69, 9.17) is 5.73 Å². The molecule has 0 radical (unpaired) electrons. The van der Waals surface area contributed by atoms with Crippen molar-refractivity contribution in [3.8, 4) is 0 Å². The van der Waals surface area contributed by atoms with Crippen LogP contribution in [0, 0.1) is 5.82 Å². The van der Waals surface area contributed by atoms with Crippen molar-refractivity contribution >= 4 is 11.7 Å². The monoisotopic (exact) mass is 197 g/mol. The van der Waals surface area contributed by atoms with Crippen LogP contribution in [0.5, 0.6) is 0 Å². The predicted molar refractivity (Wildman–Crippen MR) is 51.1 cm³/mol. The summed E-state index contributed by atoms with van der Waals surface area (Å²) in [6.45, 7) is 3.12. The number of hydrogen-bond acceptors (Lipinski definition) is 3. The molecule has 0 fully saturated rings. The Labute approximate surface area is 81.3 Å². The second-order valence-electron chi connectivity index (χ2n) is 3.45. The molecule has 0 saturated heterocycles. The Morgan fingerprint density at radius 3 is 2.79 bits per heavy atom. The van der Waals surface area contributed by atoms with Gasteiger partial charge in [0.25, 0.3) is 0 Å². The molecule has 0 unspecified atom stereocenters. The minimum atomic E-state index is -1.02. The molecule has 0 bridgehead atoms. The van der Waals surface area contributed by atoms with Crippen molar-refractivity contribution in [2.75, 3.05) is 5.32 Å². The van der Waals surface area contributed by atoms with Gasteiger partial charge in [-0.05, 0) is 26.0 Å². The van der Waals surface area contributed by atoms with Crippen LogP contribution in [0.3, 0.4) is 0 Å². The molecule has 1 heterocycles. The lowest BCUT2D eigenvalue weighted by Gasteiger charge is -2.22. The van der Waals surface area contributed by atoms with Crippen LogP contribution in [0.25, 0.3) is 0 Å². The van der Waals surface area contributed by atoms with Gasteiger partial charge < -0.3 is 11.1 Å². The van der Waals surface area contributed by atoms with E-state index in [1.807, 2.05) is 0 Å². The van der Waals surface area contributed by atoms with Crippen molar-refractivity contribution in [2.45, 2.75) is 19.4 Å². The zero-order chi connectivity index (χ0) is 10.8. The molecule has 1 aromatic heterocycles. The van der Waals surface area contributed by atoms with E-state index in [0.29, 0.717) is 0 Å². The van der Waals surface area contributed by atoms with Crippen LogP contribution in [0.15, 0.2) is 18.3 Å². The molecule has 0 aliphatic carbocycles. The Morgan fingerprint density at radius 2 is 2.29 bits per heavy atom. The Bertz CT molecular complexity index is 352. The summed E-state index contributed by atoms with van der Waals surface area (Å²) in [5.41, 5.74) is 4.10. The highest BCUT2D eigenvalue weighted by Crippen LogP contribution is 2.15. The average molecular weight is 197 g/mol. The number of aromatic nitrogens is 1. The lowest BCUT2D eigenvalue weighted by Crippen LogP contribution is -2.45. The van der Waals surface area contributed by atoms with Crippen molar-refractivity contribution in [3.63, 3.8) is 0 Å². The first-order valence-electron chi connectivity index (χ1n) is 4.12. The van der Waals surface area contributed by atoms with E-state index in [9.17, 15) is 9.18 Å². The van der Waals surface area contributed by atoms with Crippen LogP contribution >= 0.6 is 0 Å². The molecule has 4 nitrogen and oxygen atoms in total. The van der Waals surface area contributed by atoms with Crippen LogP contribution in [0.4, 0.5) is 10.2 Å². The Hall–Kier alpha value is -1.65. The van der Waals surface area contributed by atoms with Crippen LogP contribution in [0.1, 0.15) is 13.8 Å². The van der Waals surface area contributed by atoms with Gasteiger partial charge in [0.1, 0.15) is 5.54 Å². The number of anilines is 1. The fourth-order valence-corrected chi connectivity index (χ4v) is 0.835. The molecule has 5 heteroatoms. The van der Waals surface area contributed by atoms with E-state index in [0.717, 1.165) is 0 Å². The molecule has 14 heavy (non-hydrogen) atoms. The predicted octanol–water partition coefficient (Wildman–Crippen LogP) is 0.897. The third-order valence-electron chi connectivity index (χ3n) is 1.81. The molecule has 76 valence electrons. The zero-order valence-corrected chi connectivity index (χ0v) is 8.04. The molecule has 0 atom stereocenters. The first-order valence-corrected chi connectivity index (χ1v) is 4.12. The maximum absolute atomic E-state index is 13.1. The van der Waals surface area contributed by atoms with Gasteiger partial charge in [0, 0.05) is 6.20 Å². The van der Waals surface area contributed by atoms with Crippen LogP contribution in [-0.2, 0) is 4.79 Å². The van der Waals surface area contributed by atoms with Gasteiger partial charge in [-0.2, -0.15) is 0 Å². The molecule has 0 aromatic carbocycles. The Kier molecular flexibility index (Phi) is 2.69. The van der Waals surface area contributed by atoms with Crippen molar-refractivity contribution in [1.82, 2.24) is 4.98 Å². The van der Waals surface area contributed by atoms with Crippen molar-refractivity contribution in [1.29, 1.82) is 0 Å². The average Bonchev–Trinajstić information content (AvgIpc) is 2.08. The molecule has 3 N–H and O–H groups in total. The molecule has 1 aromatic rings. The summed E-state index contributed by atoms with van der Waals surface area (Å²) in [7, 11) is 0. The molecule has 0 saturated carbocycles. The minimum absolute atomic E-state index is 0.0244. The fraction of sp³-hybridized carbons (Fsp3) is 0.333. The number of carbonyl (C=O) groups excluding carboxylic acids is 1. The van der Waals surface area contributed by atoms with Gasteiger partial charge in [0.15, 0.2) is 11.6 Å². The van der Waals surface area contributed by atoms with Crippen LogP contribution < -0.4 is 11.1 Å². The van der Waals surface area contributed by atoms with E-state index >= 15 is 0 Å². The second kappa shape index (κ2) is 3.61. The molecule has 0 aliphatic rings. The number of primary amides is 1. The highest BCUT2D eigenvalue weighted by atomic mass is 19.1. The number of nitrogens with two attached hydrogens (primary N) is 1. The Morgan fingerprint density at radius 1 is 1.64 bits per heavy atom. The van der Waals surface area contributed by atoms with Gasteiger partial charge in [0.2, 0.25) is 5.91 Å². The van der Waals surface area contributed by atoms with Crippen molar-refractivity contribution in [2.24, 2.45) is 5.73 Å². The number of carbonyl (C=O) groups is 1. The van der Waals surface area contributed by atoms with E-state index in [1.54, 1.807) is 13.8 Å². The highest BCUT2D eigenvalue weighted by Gasteiger charge is 2.25.